The number of benzene rings is 1. The van der Waals surface area contributed by atoms with Gasteiger partial charge in [-0.25, -0.2) is 4.98 Å². The van der Waals surface area contributed by atoms with Gasteiger partial charge < -0.3 is 9.73 Å². The van der Waals surface area contributed by atoms with Gasteiger partial charge >= 0.3 is 0 Å². The molecule has 4 nitrogen and oxygen atoms in total. The van der Waals surface area contributed by atoms with E-state index in [0.717, 1.165) is 11.0 Å². The molecule has 1 aromatic carbocycles. The van der Waals surface area contributed by atoms with Crippen molar-refractivity contribution in [1.82, 2.24) is 4.98 Å². The van der Waals surface area contributed by atoms with Crippen LogP contribution in [0.4, 0.5) is 5.82 Å². The normalized spacial score (nSPS) is 10.4. The van der Waals surface area contributed by atoms with E-state index >= 15 is 0 Å². The highest BCUT2D eigenvalue weighted by Gasteiger charge is 2.08. The van der Waals surface area contributed by atoms with Crippen LogP contribution in [0.25, 0.3) is 11.0 Å². The van der Waals surface area contributed by atoms with Gasteiger partial charge in [0.2, 0.25) is 0 Å². The smallest absolute Gasteiger partial charge is 0.256 e. The first-order valence-electron chi connectivity index (χ1n) is 5.52. The van der Waals surface area contributed by atoms with E-state index in [1.54, 1.807) is 42.8 Å². The summed E-state index contributed by atoms with van der Waals surface area (Å²) in [6, 6.07) is 12.5. The number of carbonyl (C=O) groups is 1. The second-order valence-electron chi connectivity index (χ2n) is 3.84. The molecule has 18 heavy (non-hydrogen) atoms. The molecule has 0 saturated carbocycles. The zero-order valence-electron chi connectivity index (χ0n) is 9.46. The van der Waals surface area contributed by atoms with Crippen molar-refractivity contribution in [3.8, 4) is 0 Å². The Kier molecular flexibility index (Phi) is 2.53. The van der Waals surface area contributed by atoms with Crippen LogP contribution in [0, 0.1) is 0 Å². The Balaban J connectivity index is 1.87. The zero-order chi connectivity index (χ0) is 12.4. The number of rotatable bonds is 2. The molecule has 4 heteroatoms. The minimum absolute atomic E-state index is 0.184. The van der Waals surface area contributed by atoms with E-state index in [-0.39, 0.29) is 5.91 Å². The molecule has 0 unspecified atom stereocenters. The molecule has 2 aromatic heterocycles. The van der Waals surface area contributed by atoms with Gasteiger partial charge in [0.05, 0.1) is 6.26 Å². The van der Waals surface area contributed by atoms with Crippen LogP contribution < -0.4 is 5.32 Å². The molecular weight excluding hydrogens is 228 g/mol. The van der Waals surface area contributed by atoms with Crippen molar-refractivity contribution in [3.63, 3.8) is 0 Å². The van der Waals surface area contributed by atoms with Crippen LogP contribution >= 0.6 is 0 Å². The van der Waals surface area contributed by atoms with Gasteiger partial charge in [-0.15, -0.1) is 0 Å². The average molecular weight is 238 g/mol. The van der Waals surface area contributed by atoms with E-state index in [0.29, 0.717) is 11.4 Å². The van der Waals surface area contributed by atoms with Crippen molar-refractivity contribution >= 4 is 22.7 Å². The molecular formula is C14H10N2O2. The predicted molar refractivity (Wildman–Crippen MR) is 68.4 cm³/mol. The highest BCUT2D eigenvalue weighted by Crippen LogP contribution is 2.17. The number of fused-ring (bicyclic) bond motifs is 1. The van der Waals surface area contributed by atoms with Gasteiger partial charge in [0, 0.05) is 17.1 Å². The number of anilines is 1. The Morgan fingerprint density at radius 2 is 2.11 bits per heavy atom. The molecule has 0 bridgehead atoms. The number of hydrogen-bond donors (Lipinski definition) is 1. The monoisotopic (exact) mass is 238 g/mol. The van der Waals surface area contributed by atoms with Crippen molar-refractivity contribution in [2.45, 2.75) is 0 Å². The van der Waals surface area contributed by atoms with Crippen molar-refractivity contribution in [1.29, 1.82) is 0 Å². The largest absolute Gasteiger partial charge is 0.464 e. The van der Waals surface area contributed by atoms with Gasteiger partial charge in [0.15, 0.2) is 0 Å². The van der Waals surface area contributed by atoms with E-state index in [2.05, 4.69) is 10.3 Å². The number of nitrogens with one attached hydrogen (secondary N) is 1. The molecule has 0 radical (unpaired) electrons. The predicted octanol–water partition coefficient (Wildman–Crippen LogP) is 3.08. The summed E-state index contributed by atoms with van der Waals surface area (Å²) in [7, 11) is 0. The highest BCUT2D eigenvalue weighted by atomic mass is 16.3. The summed E-state index contributed by atoms with van der Waals surface area (Å²) in [6.45, 7) is 0. The van der Waals surface area contributed by atoms with Gasteiger partial charge in [-0.05, 0) is 36.4 Å². The average Bonchev–Trinajstić information content (AvgIpc) is 2.87. The lowest BCUT2D eigenvalue weighted by molar-refractivity contribution is 0.102. The molecule has 0 aliphatic heterocycles. The molecule has 0 fully saturated rings. The molecule has 0 aliphatic carbocycles. The number of furan rings is 1. The lowest BCUT2D eigenvalue weighted by Crippen LogP contribution is -2.12. The van der Waals surface area contributed by atoms with Gasteiger partial charge in [0.25, 0.3) is 5.91 Å². The first-order chi connectivity index (χ1) is 8.83. The van der Waals surface area contributed by atoms with Gasteiger partial charge in [-0.1, -0.05) is 6.07 Å². The summed E-state index contributed by atoms with van der Waals surface area (Å²) in [4.78, 5) is 16.0. The summed E-state index contributed by atoms with van der Waals surface area (Å²) in [6.07, 6.45) is 3.24. The summed E-state index contributed by atoms with van der Waals surface area (Å²) >= 11 is 0. The third-order valence-electron chi connectivity index (χ3n) is 2.62. The lowest BCUT2D eigenvalue weighted by atomic mass is 10.1. The van der Waals surface area contributed by atoms with Crippen LogP contribution in [0.2, 0.25) is 0 Å². The van der Waals surface area contributed by atoms with Crippen molar-refractivity contribution in [2.24, 2.45) is 0 Å². The fourth-order valence-corrected chi connectivity index (χ4v) is 1.73. The van der Waals surface area contributed by atoms with Crippen LogP contribution in [0.5, 0.6) is 0 Å². The summed E-state index contributed by atoms with van der Waals surface area (Å²) in [5, 5.41) is 3.64. The second kappa shape index (κ2) is 4.33. The summed E-state index contributed by atoms with van der Waals surface area (Å²) in [5.74, 6) is 0.353. The number of pyridine rings is 1. The third kappa shape index (κ3) is 1.96. The van der Waals surface area contributed by atoms with Crippen LogP contribution in [0.3, 0.4) is 0 Å². The van der Waals surface area contributed by atoms with Crippen molar-refractivity contribution in [3.05, 3.63) is 60.5 Å². The molecule has 3 rings (SSSR count). The maximum Gasteiger partial charge on any atom is 0.256 e. The fourth-order valence-electron chi connectivity index (χ4n) is 1.73. The van der Waals surface area contributed by atoms with Crippen molar-refractivity contribution < 1.29 is 9.21 Å². The number of nitrogens with zero attached hydrogens (tertiary/aromatic N) is 1. The quantitative estimate of drug-likeness (QED) is 0.746. The third-order valence-corrected chi connectivity index (χ3v) is 2.62. The van der Waals surface area contributed by atoms with Crippen LogP contribution in [0.1, 0.15) is 10.4 Å². The van der Waals surface area contributed by atoms with E-state index in [4.69, 9.17) is 4.42 Å². The van der Waals surface area contributed by atoms with E-state index in [1.165, 1.54) is 0 Å². The van der Waals surface area contributed by atoms with E-state index in [9.17, 15) is 4.79 Å². The van der Waals surface area contributed by atoms with Crippen molar-refractivity contribution in [2.75, 3.05) is 5.32 Å². The zero-order valence-corrected chi connectivity index (χ0v) is 9.46. The Bertz CT molecular complexity index is 689. The first-order valence-corrected chi connectivity index (χ1v) is 5.52. The standard InChI is InChI=1S/C14H10N2O2/c17-14(16-13-3-1-2-7-15-13)11-4-5-12-10(9-11)6-8-18-12/h1-9H,(H,15,16,17). The fraction of sp³-hybridized carbons (Fsp3) is 0. The Morgan fingerprint density at radius 1 is 1.17 bits per heavy atom. The molecule has 3 aromatic rings. The summed E-state index contributed by atoms with van der Waals surface area (Å²) in [5.41, 5.74) is 1.35. The molecule has 0 spiro atoms. The molecule has 0 aliphatic rings. The van der Waals surface area contributed by atoms with Gasteiger partial charge in [-0.3, -0.25) is 4.79 Å². The molecule has 0 atom stereocenters. The van der Waals surface area contributed by atoms with Gasteiger partial charge in [0.1, 0.15) is 11.4 Å². The van der Waals surface area contributed by atoms with E-state index in [1.807, 2.05) is 12.1 Å². The van der Waals surface area contributed by atoms with Crippen LogP contribution in [0.15, 0.2) is 59.3 Å². The Morgan fingerprint density at radius 3 is 2.94 bits per heavy atom. The SMILES string of the molecule is O=C(Nc1ccccn1)c1ccc2occc2c1. The van der Waals surface area contributed by atoms with E-state index < -0.39 is 0 Å². The minimum Gasteiger partial charge on any atom is -0.464 e. The molecule has 0 saturated heterocycles. The number of aromatic nitrogens is 1. The number of hydrogen-bond acceptors (Lipinski definition) is 3. The molecule has 1 amide bonds. The number of amides is 1. The Labute approximate surface area is 103 Å². The van der Waals surface area contributed by atoms with Crippen LogP contribution in [-0.4, -0.2) is 10.9 Å². The Hall–Kier alpha value is -2.62. The molecule has 88 valence electrons. The summed E-state index contributed by atoms with van der Waals surface area (Å²) < 4.78 is 5.23. The second-order valence-corrected chi connectivity index (χ2v) is 3.84. The van der Waals surface area contributed by atoms with Crippen LogP contribution in [-0.2, 0) is 0 Å². The topological polar surface area (TPSA) is 55.1 Å². The molecule has 1 N–H and O–H groups in total. The minimum atomic E-state index is -0.184. The highest BCUT2D eigenvalue weighted by molar-refractivity contribution is 6.05. The molecule has 2 heterocycles. The number of carbonyl (C=O) groups excluding carboxylic acids is 1. The van der Waals surface area contributed by atoms with Gasteiger partial charge in [-0.2, -0.15) is 0 Å². The lowest BCUT2D eigenvalue weighted by Gasteiger charge is -2.03. The maximum absolute atomic E-state index is 12.0. The maximum atomic E-state index is 12.0. The first kappa shape index (κ1) is 10.5.